The van der Waals surface area contributed by atoms with Gasteiger partial charge >= 0.3 is 12.4 Å². The Morgan fingerprint density at radius 1 is 0.493 bits per heavy atom. The fraction of sp³-hybridized carbons (Fsp3) is 0.294. The Bertz CT molecular complexity index is 2360. The van der Waals surface area contributed by atoms with Crippen molar-refractivity contribution in [2.24, 2.45) is 0 Å². The number of fused-ring (bicyclic) bond motifs is 4. The molecule has 4 heterocycles. The summed E-state index contributed by atoms with van der Waals surface area (Å²) in [7, 11) is 0. The van der Waals surface area contributed by atoms with Crippen molar-refractivity contribution >= 4 is 61.0 Å². The molecule has 0 aliphatic carbocycles. The van der Waals surface area contributed by atoms with E-state index >= 15 is 0 Å². The zero-order chi connectivity index (χ0) is 45.5. The number of Topliss-reactive ketones (excluding diaryl/α,β-unsaturated/α-hetero) is 3. The molecule has 8 aromatic rings. The van der Waals surface area contributed by atoms with Crippen LogP contribution in [0.1, 0.15) is 122 Å². The number of alkyl halides is 6. The summed E-state index contributed by atoms with van der Waals surface area (Å²) in [6, 6.07) is 30.6. The van der Waals surface area contributed by atoms with Gasteiger partial charge in [-0.1, -0.05) is 170 Å². The molecule has 67 heavy (non-hydrogen) atoms. The molecule has 4 aromatic heterocycles. The second kappa shape index (κ2) is 40.8. The number of H-pyrrole nitrogens is 2. The predicted octanol–water partition coefficient (Wildman–Crippen LogP) is 16.5. The maximum atomic E-state index is 12.2. The van der Waals surface area contributed by atoms with Gasteiger partial charge in [-0.25, -0.2) is 0 Å². The van der Waals surface area contributed by atoms with Gasteiger partial charge in [-0.05, 0) is 34.4 Å². The van der Waals surface area contributed by atoms with Crippen LogP contribution in [-0.2, 0) is 98.1 Å². The average Bonchev–Trinajstić information content (AvgIpc) is 4.11. The standard InChI is InChI=1S/C11H11NO.2C10H6F3NO.C8H7N.4C2H6.3CH4.CH3.3Y/c1-2-11(13)9-7-12-10-6-4-3-5-8(9)10;2*11-10(12,13)9(15)7-5-14-8-4-2-1-3-6(7)8;1-2-4-8-7(3-1)5-6-9-8;4*1-2;;;;;;;/h3-7H,2H2,1H3,(H,12,13);1-5H,(H,14,15);1-5,14H;1-6,9H;4*1-2H3;3*1H4;1H3;;;/q;;;;;;;;;;;-1;;;/p-2. The van der Waals surface area contributed by atoms with Crippen molar-refractivity contribution in [2.75, 3.05) is 0 Å². The molecule has 0 saturated carbocycles. The fourth-order valence-corrected chi connectivity index (χ4v) is 5.19. The fourth-order valence-electron chi connectivity index (χ4n) is 5.19. The molecule has 0 bridgehead atoms. The number of para-hydroxylation sites is 4. The molecule has 0 unspecified atom stereocenters. The second-order valence-electron chi connectivity index (χ2n) is 11.1. The van der Waals surface area contributed by atoms with E-state index in [1.807, 2.05) is 105 Å². The Morgan fingerprint density at radius 3 is 1.31 bits per heavy atom. The maximum Gasteiger partial charge on any atom is 0.454 e. The molecule has 16 heteroatoms. The van der Waals surface area contributed by atoms with E-state index in [1.165, 1.54) is 23.0 Å². The number of rotatable bonds is 4. The Morgan fingerprint density at radius 2 is 0.866 bits per heavy atom. The molecule has 4 aromatic carbocycles. The summed E-state index contributed by atoms with van der Waals surface area (Å²) in [5, 5.41) is 2.77. The van der Waals surface area contributed by atoms with Crippen LogP contribution >= 0.6 is 0 Å². The first-order valence-electron chi connectivity index (χ1n) is 19.6. The summed E-state index contributed by atoms with van der Waals surface area (Å²) in [6.07, 6.45) is -3.48. The van der Waals surface area contributed by atoms with Gasteiger partial charge < -0.3 is 27.4 Å². The largest absolute Gasteiger partial charge is 0.663 e. The van der Waals surface area contributed by atoms with E-state index in [4.69, 9.17) is 0 Å². The summed E-state index contributed by atoms with van der Waals surface area (Å²) in [6.45, 7) is 17.9. The topological polar surface area (TPSA) is 111 Å². The van der Waals surface area contributed by atoms with Crippen LogP contribution < -0.4 is 9.97 Å². The zero-order valence-corrected chi connectivity index (χ0v) is 46.5. The van der Waals surface area contributed by atoms with Crippen molar-refractivity contribution in [1.29, 1.82) is 0 Å². The van der Waals surface area contributed by atoms with Crippen molar-refractivity contribution in [3.05, 3.63) is 152 Å². The van der Waals surface area contributed by atoms with Gasteiger partial charge in [0.05, 0.1) is 5.56 Å². The molecule has 0 atom stereocenters. The first kappa shape index (κ1) is 78.1. The number of nitrogens with one attached hydrogen (secondary N) is 2. The number of hydrogen-bond donors (Lipinski definition) is 2. The van der Waals surface area contributed by atoms with Crippen LogP contribution in [0.5, 0.6) is 0 Å². The number of nitrogens with zero attached hydrogens (tertiary/aromatic N) is 2. The Balaban J connectivity index is -0.000000133. The molecule has 363 valence electrons. The number of hydrogen-bond acceptors (Lipinski definition) is 3. The van der Waals surface area contributed by atoms with Crippen molar-refractivity contribution in [2.45, 2.75) is 103 Å². The quantitative estimate of drug-likeness (QED) is 0.104. The van der Waals surface area contributed by atoms with Crippen molar-refractivity contribution in [1.82, 2.24) is 19.9 Å². The van der Waals surface area contributed by atoms with Gasteiger partial charge in [0.15, 0.2) is 5.78 Å². The van der Waals surface area contributed by atoms with E-state index in [0.29, 0.717) is 22.8 Å². The van der Waals surface area contributed by atoms with Crippen LogP contribution in [0.4, 0.5) is 26.3 Å². The van der Waals surface area contributed by atoms with E-state index in [-0.39, 0.29) is 145 Å². The van der Waals surface area contributed by atoms with E-state index in [2.05, 4.69) is 38.1 Å². The van der Waals surface area contributed by atoms with Crippen LogP contribution in [-0.4, -0.2) is 39.7 Å². The van der Waals surface area contributed by atoms with Gasteiger partial charge in [0.2, 0.25) is 0 Å². The average molecular weight is 1160 g/mol. The van der Waals surface area contributed by atoms with E-state index in [9.17, 15) is 40.7 Å². The molecule has 3 radical (unpaired) electrons. The van der Waals surface area contributed by atoms with Crippen LogP contribution in [0.25, 0.3) is 43.6 Å². The van der Waals surface area contributed by atoms with Crippen LogP contribution in [0, 0.1) is 7.43 Å². The number of aromatic amines is 2. The number of aromatic nitrogens is 4. The molecule has 0 saturated heterocycles. The summed E-state index contributed by atoms with van der Waals surface area (Å²) in [5.41, 5.74) is 3.04. The molecular formula is C51H67F6N4O3Y3-3. The molecule has 0 aliphatic rings. The van der Waals surface area contributed by atoms with Crippen molar-refractivity contribution in [3.8, 4) is 0 Å². The Labute approximate surface area is 470 Å². The van der Waals surface area contributed by atoms with Gasteiger partial charge in [0.25, 0.3) is 11.6 Å². The monoisotopic (exact) mass is 1160 g/mol. The van der Waals surface area contributed by atoms with Gasteiger partial charge in [-0.15, -0.1) is 11.0 Å². The molecule has 0 amide bonds. The third-order valence-electron chi connectivity index (χ3n) is 7.73. The minimum Gasteiger partial charge on any atom is -0.663 e. The molecule has 0 spiro atoms. The smallest absolute Gasteiger partial charge is 0.454 e. The molecule has 0 aliphatic heterocycles. The SMILES string of the molecule is C.C.C.CC.CC.CC.CC.CCC(=O)c1c[n-]c2ccccc12.O=C(c1c[n-]c2ccccc12)C(F)(F)F.O=C(c1c[nH]c2ccccc12)C(F)(F)F.[CH3-].[Y].[Y].[Y].c1ccc2[nH]ccc2c1. The Kier molecular flexibility index (Phi) is 47.6. The first-order valence-corrected chi connectivity index (χ1v) is 19.6. The summed E-state index contributed by atoms with van der Waals surface area (Å²) in [5.74, 6) is -3.51. The Hall–Kier alpha value is -3.06. The third-order valence-corrected chi connectivity index (χ3v) is 7.73. The van der Waals surface area contributed by atoms with Gasteiger partial charge in [0, 0.05) is 144 Å². The van der Waals surface area contributed by atoms with Gasteiger partial charge in [-0.2, -0.15) is 38.7 Å². The third kappa shape index (κ3) is 23.4. The van der Waals surface area contributed by atoms with E-state index < -0.39 is 29.5 Å². The molecule has 0 fully saturated rings. The summed E-state index contributed by atoms with van der Waals surface area (Å²) in [4.78, 5) is 47.1. The maximum absolute atomic E-state index is 12.2. The van der Waals surface area contributed by atoms with Crippen LogP contribution in [0.2, 0.25) is 0 Å². The number of halogens is 6. The number of carbonyl (C=O) groups is 3. The second-order valence-corrected chi connectivity index (χ2v) is 11.1. The van der Waals surface area contributed by atoms with Gasteiger partial charge in [-0.3, -0.25) is 14.4 Å². The predicted molar refractivity (Wildman–Crippen MR) is 259 cm³/mol. The number of ketones is 3. The van der Waals surface area contributed by atoms with Crippen molar-refractivity contribution < 1.29 is 139 Å². The molecular weight excluding hydrogens is 1100 g/mol. The van der Waals surface area contributed by atoms with E-state index in [0.717, 1.165) is 28.9 Å². The molecule has 2 N–H and O–H groups in total. The van der Waals surface area contributed by atoms with Gasteiger partial charge in [0.1, 0.15) is 0 Å². The minimum absolute atomic E-state index is 0. The summed E-state index contributed by atoms with van der Waals surface area (Å²) >= 11 is 0. The molecule has 8 rings (SSSR count). The normalized spacial score (nSPS) is 9.12. The van der Waals surface area contributed by atoms with Crippen molar-refractivity contribution in [3.63, 3.8) is 0 Å². The van der Waals surface area contributed by atoms with E-state index in [1.54, 1.807) is 42.6 Å². The molecule has 7 nitrogen and oxygen atoms in total. The van der Waals surface area contributed by atoms with Crippen LogP contribution in [0.3, 0.4) is 0 Å². The zero-order valence-electron chi connectivity index (χ0n) is 38.0. The summed E-state index contributed by atoms with van der Waals surface area (Å²) < 4.78 is 73.0. The minimum atomic E-state index is -4.85. The number of benzene rings is 4. The first-order chi connectivity index (χ1) is 28.8. The van der Waals surface area contributed by atoms with Crippen LogP contribution in [0.15, 0.2) is 128 Å². The number of carbonyl (C=O) groups excluding carboxylic acids is 3.